The summed E-state index contributed by atoms with van der Waals surface area (Å²) in [7, 11) is 0. The molecule has 10 heteroatoms. The Morgan fingerprint density at radius 2 is 2.04 bits per heavy atom. The third kappa shape index (κ3) is 3.24. The number of amides is 1. The molecule has 0 aliphatic carbocycles. The number of carboxylic acid groups (broad SMARTS) is 1. The normalized spacial score (nSPS) is 11.9. The van der Waals surface area contributed by atoms with Gasteiger partial charge in [-0.2, -0.15) is 4.98 Å². The van der Waals surface area contributed by atoms with E-state index in [2.05, 4.69) is 20.8 Å². The minimum absolute atomic E-state index is 0.0249. The van der Waals surface area contributed by atoms with Gasteiger partial charge in [0.1, 0.15) is 6.04 Å². The molecule has 0 spiro atoms. The van der Waals surface area contributed by atoms with Crippen LogP contribution in [0.1, 0.15) is 23.0 Å². The van der Waals surface area contributed by atoms with Crippen molar-refractivity contribution in [2.45, 2.75) is 19.9 Å². The summed E-state index contributed by atoms with van der Waals surface area (Å²) in [5.41, 5.74) is 0.432. The van der Waals surface area contributed by atoms with Crippen LogP contribution in [-0.2, 0) is 4.79 Å². The standard InChI is InChI=1S/C16H14N4O6/c1-7-9(19-13(21)11-5-6-17-26-11)3-4-10-12(7)15(24)25-16(20-10)18-8(2)14(22)23/h3-6,8H,1-2H3,(H,18,20)(H,19,21)(H,22,23)/t8-/m0/s1. The molecule has 3 rings (SSSR count). The van der Waals surface area contributed by atoms with Crippen LogP contribution in [0.5, 0.6) is 0 Å². The van der Waals surface area contributed by atoms with Crippen molar-refractivity contribution < 1.29 is 23.6 Å². The highest BCUT2D eigenvalue weighted by Gasteiger charge is 2.17. The fourth-order valence-corrected chi connectivity index (χ4v) is 2.28. The first-order chi connectivity index (χ1) is 12.4. The van der Waals surface area contributed by atoms with Crippen LogP contribution in [0, 0.1) is 6.92 Å². The lowest BCUT2D eigenvalue weighted by molar-refractivity contribution is -0.137. The number of carbonyl (C=O) groups excluding carboxylic acids is 1. The van der Waals surface area contributed by atoms with Crippen LogP contribution in [0.15, 0.2) is 38.1 Å². The minimum Gasteiger partial charge on any atom is -0.480 e. The number of aliphatic carboxylic acids is 1. The quantitative estimate of drug-likeness (QED) is 0.618. The number of hydrogen-bond acceptors (Lipinski definition) is 8. The molecule has 10 nitrogen and oxygen atoms in total. The second kappa shape index (κ2) is 6.67. The Morgan fingerprint density at radius 3 is 2.69 bits per heavy atom. The molecule has 1 aromatic carbocycles. The Balaban J connectivity index is 1.96. The van der Waals surface area contributed by atoms with Gasteiger partial charge in [0.15, 0.2) is 0 Å². The van der Waals surface area contributed by atoms with Crippen LogP contribution >= 0.6 is 0 Å². The van der Waals surface area contributed by atoms with Gasteiger partial charge in [0.05, 0.1) is 17.1 Å². The summed E-state index contributed by atoms with van der Waals surface area (Å²) in [6.07, 6.45) is 1.34. The third-order valence-corrected chi connectivity index (χ3v) is 3.68. The number of aryl methyl sites for hydroxylation is 1. The first-order valence-corrected chi connectivity index (χ1v) is 7.52. The van der Waals surface area contributed by atoms with E-state index in [9.17, 15) is 14.4 Å². The fourth-order valence-electron chi connectivity index (χ4n) is 2.28. The van der Waals surface area contributed by atoms with Gasteiger partial charge in [-0.05, 0) is 31.5 Å². The molecule has 1 amide bonds. The third-order valence-electron chi connectivity index (χ3n) is 3.68. The Bertz CT molecular complexity index is 1040. The van der Waals surface area contributed by atoms with Gasteiger partial charge < -0.3 is 24.7 Å². The van der Waals surface area contributed by atoms with Crippen molar-refractivity contribution in [3.63, 3.8) is 0 Å². The molecule has 0 aliphatic rings. The van der Waals surface area contributed by atoms with Gasteiger partial charge in [-0.1, -0.05) is 5.16 Å². The molecule has 1 atom stereocenters. The number of rotatable bonds is 5. The molecule has 0 bridgehead atoms. The van der Waals surface area contributed by atoms with E-state index in [1.54, 1.807) is 13.0 Å². The molecule has 0 fully saturated rings. The maximum Gasteiger partial charge on any atom is 0.348 e. The SMILES string of the molecule is Cc1c(NC(=O)c2ccno2)ccc2nc(N[C@@H](C)C(=O)O)oc(=O)c12. The largest absolute Gasteiger partial charge is 0.480 e. The van der Waals surface area contributed by atoms with E-state index < -0.39 is 23.5 Å². The Labute approximate surface area is 145 Å². The van der Waals surface area contributed by atoms with Crippen molar-refractivity contribution in [3.8, 4) is 0 Å². The molecule has 0 radical (unpaired) electrons. The number of fused-ring (bicyclic) bond motifs is 1. The highest BCUT2D eigenvalue weighted by molar-refractivity contribution is 6.04. The van der Waals surface area contributed by atoms with Crippen LogP contribution in [0.4, 0.5) is 11.7 Å². The van der Waals surface area contributed by atoms with E-state index in [1.807, 2.05) is 0 Å². The Hall–Kier alpha value is -3.69. The predicted octanol–water partition coefficient (Wildman–Crippen LogP) is 1.62. The predicted molar refractivity (Wildman–Crippen MR) is 90.2 cm³/mol. The molecule has 3 N–H and O–H groups in total. The lowest BCUT2D eigenvalue weighted by atomic mass is 10.1. The van der Waals surface area contributed by atoms with E-state index in [0.29, 0.717) is 16.8 Å². The average molecular weight is 358 g/mol. The molecule has 3 aromatic rings. The van der Waals surface area contributed by atoms with Crippen LogP contribution < -0.4 is 16.3 Å². The van der Waals surface area contributed by atoms with Crippen molar-refractivity contribution >= 4 is 34.5 Å². The number of aromatic nitrogens is 2. The molecule has 2 heterocycles. The van der Waals surface area contributed by atoms with Crippen LogP contribution in [0.3, 0.4) is 0 Å². The second-order valence-corrected chi connectivity index (χ2v) is 5.47. The highest BCUT2D eigenvalue weighted by atomic mass is 16.5. The number of carboxylic acids is 1. The smallest absolute Gasteiger partial charge is 0.348 e. The van der Waals surface area contributed by atoms with E-state index in [1.165, 1.54) is 25.3 Å². The maximum atomic E-state index is 12.3. The summed E-state index contributed by atoms with van der Waals surface area (Å²) in [6.45, 7) is 3.02. The molecular formula is C16H14N4O6. The molecule has 0 aliphatic heterocycles. The van der Waals surface area contributed by atoms with Gasteiger partial charge in [-0.25, -0.2) is 4.79 Å². The lowest BCUT2D eigenvalue weighted by Gasteiger charge is -2.11. The topological polar surface area (TPSA) is 148 Å². The molecule has 0 unspecified atom stereocenters. The molecule has 2 aromatic heterocycles. The van der Waals surface area contributed by atoms with Gasteiger partial charge in [0.2, 0.25) is 5.76 Å². The first-order valence-electron chi connectivity index (χ1n) is 7.52. The van der Waals surface area contributed by atoms with Gasteiger partial charge in [0.25, 0.3) is 11.9 Å². The van der Waals surface area contributed by atoms with Gasteiger partial charge >= 0.3 is 11.6 Å². The van der Waals surface area contributed by atoms with E-state index in [0.717, 1.165) is 0 Å². The molecule has 0 saturated carbocycles. The van der Waals surface area contributed by atoms with Crippen LogP contribution in [0.25, 0.3) is 10.9 Å². The van der Waals surface area contributed by atoms with Gasteiger partial charge in [-0.3, -0.25) is 9.59 Å². The molecule has 26 heavy (non-hydrogen) atoms. The Kier molecular flexibility index (Phi) is 4.40. The summed E-state index contributed by atoms with van der Waals surface area (Å²) in [6, 6.07) is 3.32. The molecule has 134 valence electrons. The summed E-state index contributed by atoms with van der Waals surface area (Å²) < 4.78 is 9.82. The summed E-state index contributed by atoms with van der Waals surface area (Å²) in [4.78, 5) is 39.4. The van der Waals surface area contributed by atoms with Gasteiger partial charge in [0, 0.05) is 11.8 Å². The monoisotopic (exact) mass is 358 g/mol. The zero-order valence-electron chi connectivity index (χ0n) is 13.8. The van der Waals surface area contributed by atoms with Crippen LogP contribution in [-0.4, -0.2) is 33.2 Å². The number of nitrogens with zero attached hydrogens (tertiary/aromatic N) is 2. The maximum absolute atomic E-state index is 12.3. The van der Waals surface area contributed by atoms with Gasteiger partial charge in [-0.15, -0.1) is 0 Å². The van der Waals surface area contributed by atoms with E-state index >= 15 is 0 Å². The van der Waals surface area contributed by atoms with Crippen molar-refractivity contribution in [2.75, 3.05) is 10.6 Å². The number of anilines is 2. The summed E-state index contributed by atoms with van der Waals surface area (Å²) in [5, 5.41) is 17.7. The Morgan fingerprint density at radius 1 is 1.27 bits per heavy atom. The summed E-state index contributed by atoms with van der Waals surface area (Å²) in [5.74, 6) is -1.61. The average Bonchev–Trinajstić information content (AvgIpc) is 3.11. The van der Waals surface area contributed by atoms with E-state index in [4.69, 9.17) is 14.0 Å². The van der Waals surface area contributed by atoms with Crippen LogP contribution in [0.2, 0.25) is 0 Å². The first kappa shape index (κ1) is 17.1. The van der Waals surface area contributed by atoms with Crippen molar-refractivity contribution in [1.29, 1.82) is 0 Å². The minimum atomic E-state index is -1.11. The number of carbonyl (C=O) groups is 2. The highest BCUT2D eigenvalue weighted by Crippen LogP contribution is 2.23. The zero-order valence-corrected chi connectivity index (χ0v) is 13.8. The number of benzene rings is 1. The lowest BCUT2D eigenvalue weighted by Crippen LogP contribution is -2.26. The molecular weight excluding hydrogens is 344 g/mol. The van der Waals surface area contributed by atoms with Crippen molar-refractivity contribution in [2.24, 2.45) is 0 Å². The fraction of sp³-hybridized carbons (Fsp3) is 0.188. The zero-order chi connectivity index (χ0) is 18.8. The summed E-state index contributed by atoms with van der Waals surface area (Å²) >= 11 is 0. The second-order valence-electron chi connectivity index (χ2n) is 5.47. The number of nitrogens with one attached hydrogen (secondary N) is 2. The van der Waals surface area contributed by atoms with Crippen molar-refractivity contribution in [1.82, 2.24) is 10.1 Å². The molecule has 0 saturated heterocycles. The van der Waals surface area contributed by atoms with Crippen molar-refractivity contribution in [3.05, 3.63) is 46.1 Å². The number of hydrogen-bond donors (Lipinski definition) is 3. The van der Waals surface area contributed by atoms with E-state index in [-0.39, 0.29) is 17.2 Å².